The number of alkyl carbamates (subject to hydrolysis) is 1. The van der Waals surface area contributed by atoms with Gasteiger partial charge < -0.3 is 26.2 Å². The Morgan fingerprint density at radius 1 is 0.879 bits per heavy atom. The average molecular weight is 457 g/mol. The van der Waals surface area contributed by atoms with E-state index in [-0.39, 0.29) is 31.6 Å². The summed E-state index contributed by atoms with van der Waals surface area (Å²) in [6.45, 7) is -0.00294. The van der Waals surface area contributed by atoms with Crippen LogP contribution < -0.4 is 27.6 Å². The molecule has 2 aromatic rings. The minimum Gasteiger partial charge on any atom is -0.508 e. The zero-order valence-electron chi connectivity index (χ0n) is 17.8. The Bertz CT molecular complexity index is 952. The summed E-state index contributed by atoms with van der Waals surface area (Å²) in [5, 5.41) is 14.4. The summed E-state index contributed by atoms with van der Waals surface area (Å²) in [6, 6.07) is 12.8. The van der Waals surface area contributed by atoms with E-state index >= 15 is 0 Å². The van der Waals surface area contributed by atoms with Crippen LogP contribution in [0.3, 0.4) is 0 Å². The molecule has 8 N–H and O–H groups in total. The van der Waals surface area contributed by atoms with Crippen molar-refractivity contribution in [3.63, 3.8) is 0 Å². The molecule has 0 heterocycles. The van der Waals surface area contributed by atoms with Gasteiger partial charge in [-0.05, 0) is 29.7 Å². The third kappa shape index (κ3) is 8.87. The largest absolute Gasteiger partial charge is 0.508 e. The molecule has 0 bridgehead atoms. The number of nitrogens with one attached hydrogen (secondary N) is 3. The van der Waals surface area contributed by atoms with Gasteiger partial charge in [-0.15, -0.1) is 0 Å². The third-order valence-electron chi connectivity index (χ3n) is 4.65. The van der Waals surface area contributed by atoms with Gasteiger partial charge in [0, 0.05) is 12.8 Å². The number of phenols is 1. The van der Waals surface area contributed by atoms with Crippen molar-refractivity contribution in [2.45, 2.75) is 38.0 Å². The average Bonchev–Trinajstić information content (AvgIpc) is 2.81. The number of nitrogens with two attached hydrogens (primary N) is 2. The minimum absolute atomic E-state index is 0.00294. The van der Waals surface area contributed by atoms with Gasteiger partial charge in [0.15, 0.2) is 0 Å². The van der Waals surface area contributed by atoms with Gasteiger partial charge in [0.05, 0.1) is 0 Å². The standard InChI is InChI=1S/C22H27N5O6/c23-19(29)11-10-17(21(31)27-24)25-20(30)18(12-14-6-8-16(28)9-7-14)26-22(32)33-13-15-4-2-1-3-5-15/h1-9,17-18,28H,10-13,24H2,(H2,23,29)(H,25,30)(H,26,32)(H,27,31)/t17-,18-/m0/s1. The van der Waals surface area contributed by atoms with E-state index in [4.69, 9.17) is 16.3 Å². The number of ether oxygens (including phenoxy) is 1. The first-order valence-corrected chi connectivity index (χ1v) is 10.1. The van der Waals surface area contributed by atoms with E-state index in [9.17, 15) is 24.3 Å². The number of primary amides is 1. The molecule has 0 saturated heterocycles. The fourth-order valence-electron chi connectivity index (χ4n) is 2.91. The first-order valence-electron chi connectivity index (χ1n) is 10.1. The first kappa shape index (κ1) is 25.1. The van der Waals surface area contributed by atoms with Crippen LogP contribution in [0.15, 0.2) is 54.6 Å². The molecule has 176 valence electrons. The SMILES string of the molecule is NNC(=O)[C@H](CCC(N)=O)NC(=O)[C@H](Cc1ccc(O)cc1)NC(=O)OCc1ccccc1. The van der Waals surface area contributed by atoms with E-state index < -0.39 is 35.9 Å². The second kappa shape index (κ2) is 12.7. The maximum Gasteiger partial charge on any atom is 0.408 e. The molecular weight excluding hydrogens is 430 g/mol. The number of hydrogen-bond donors (Lipinski definition) is 6. The quantitative estimate of drug-likeness (QED) is 0.155. The maximum absolute atomic E-state index is 12.9. The van der Waals surface area contributed by atoms with Crippen LogP contribution in [0.25, 0.3) is 0 Å². The predicted molar refractivity (Wildman–Crippen MR) is 118 cm³/mol. The second-order valence-corrected chi connectivity index (χ2v) is 7.20. The van der Waals surface area contributed by atoms with Gasteiger partial charge >= 0.3 is 6.09 Å². The van der Waals surface area contributed by atoms with E-state index in [1.807, 2.05) is 11.5 Å². The Morgan fingerprint density at radius 3 is 2.15 bits per heavy atom. The molecule has 11 heteroatoms. The molecular formula is C22H27N5O6. The van der Waals surface area contributed by atoms with Gasteiger partial charge in [-0.1, -0.05) is 42.5 Å². The van der Waals surface area contributed by atoms with Gasteiger partial charge in [0.25, 0.3) is 5.91 Å². The highest BCUT2D eigenvalue weighted by atomic mass is 16.5. The van der Waals surface area contributed by atoms with Crippen LogP contribution in [0.1, 0.15) is 24.0 Å². The highest BCUT2D eigenvalue weighted by Gasteiger charge is 2.27. The van der Waals surface area contributed by atoms with E-state index in [0.717, 1.165) is 5.56 Å². The fraction of sp³-hybridized carbons (Fsp3) is 0.273. The predicted octanol–water partition coefficient (Wildman–Crippen LogP) is -0.0301. The molecule has 2 atom stereocenters. The summed E-state index contributed by atoms with van der Waals surface area (Å²) in [7, 11) is 0. The van der Waals surface area contributed by atoms with Crippen molar-refractivity contribution in [1.82, 2.24) is 16.1 Å². The lowest BCUT2D eigenvalue weighted by molar-refractivity contribution is -0.130. The van der Waals surface area contributed by atoms with Crippen LogP contribution in [0.4, 0.5) is 4.79 Å². The van der Waals surface area contributed by atoms with E-state index in [0.29, 0.717) is 5.56 Å². The first-order chi connectivity index (χ1) is 15.8. The van der Waals surface area contributed by atoms with Crippen molar-refractivity contribution in [3.8, 4) is 5.75 Å². The van der Waals surface area contributed by atoms with Crippen LogP contribution in [0, 0.1) is 0 Å². The summed E-state index contributed by atoms with van der Waals surface area (Å²) in [5.41, 5.74) is 8.44. The zero-order chi connectivity index (χ0) is 24.2. The van der Waals surface area contributed by atoms with Crippen LogP contribution in [0.2, 0.25) is 0 Å². The number of carbonyl (C=O) groups excluding carboxylic acids is 4. The number of amides is 4. The smallest absolute Gasteiger partial charge is 0.408 e. The summed E-state index contributed by atoms with van der Waals surface area (Å²) in [6.07, 6.45) is -1.03. The number of aromatic hydroxyl groups is 1. The van der Waals surface area contributed by atoms with E-state index in [1.54, 1.807) is 36.4 Å². The number of carbonyl (C=O) groups is 4. The topological polar surface area (TPSA) is 186 Å². The summed E-state index contributed by atoms with van der Waals surface area (Å²) in [5.74, 6) is 3.14. The molecule has 2 aromatic carbocycles. The van der Waals surface area contributed by atoms with Gasteiger partial charge in [0.1, 0.15) is 24.4 Å². The Kier molecular flexibility index (Phi) is 9.65. The lowest BCUT2D eigenvalue weighted by Gasteiger charge is -2.22. The van der Waals surface area contributed by atoms with Crippen LogP contribution >= 0.6 is 0 Å². The van der Waals surface area contributed by atoms with Gasteiger partial charge in [-0.25, -0.2) is 10.6 Å². The van der Waals surface area contributed by atoms with Crippen molar-refractivity contribution >= 4 is 23.8 Å². The fourth-order valence-corrected chi connectivity index (χ4v) is 2.91. The molecule has 0 aliphatic heterocycles. The Morgan fingerprint density at radius 2 is 1.55 bits per heavy atom. The highest BCUT2D eigenvalue weighted by molar-refractivity contribution is 5.91. The zero-order valence-corrected chi connectivity index (χ0v) is 17.8. The molecule has 0 aliphatic rings. The number of phenolic OH excluding ortho intramolecular Hbond substituents is 1. The summed E-state index contributed by atoms with van der Waals surface area (Å²) in [4.78, 5) is 48.4. The Labute approximate surface area is 190 Å². The summed E-state index contributed by atoms with van der Waals surface area (Å²) < 4.78 is 5.19. The normalized spacial score (nSPS) is 12.2. The molecule has 0 fully saturated rings. The Hall–Kier alpha value is -4.12. The summed E-state index contributed by atoms with van der Waals surface area (Å²) >= 11 is 0. The van der Waals surface area contributed by atoms with Crippen molar-refractivity contribution in [3.05, 3.63) is 65.7 Å². The van der Waals surface area contributed by atoms with Crippen molar-refractivity contribution < 1.29 is 29.0 Å². The van der Waals surface area contributed by atoms with Gasteiger partial charge in [-0.2, -0.15) is 0 Å². The molecule has 0 unspecified atom stereocenters. The lowest BCUT2D eigenvalue weighted by atomic mass is 10.0. The van der Waals surface area contributed by atoms with Crippen molar-refractivity contribution in [1.29, 1.82) is 0 Å². The van der Waals surface area contributed by atoms with Crippen LogP contribution in [-0.4, -0.2) is 41.0 Å². The second-order valence-electron chi connectivity index (χ2n) is 7.20. The molecule has 0 spiro atoms. The number of hydrazine groups is 1. The molecule has 0 radical (unpaired) electrons. The molecule has 0 aliphatic carbocycles. The maximum atomic E-state index is 12.9. The van der Waals surface area contributed by atoms with Gasteiger partial charge in [-0.3, -0.25) is 19.8 Å². The third-order valence-corrected chi connectivity index (χ3v) is 4.65. The van der Waals surface area contributed by atoms with E-state index in [2.05, 4.69) is 10.6 Å². The van der Waals surface area contributed by atoms with Gasteiger partial charge in [0.2, 0.25) is 11.8 Å². The monoisotopic (exact) mass is 457 g/mol. The van der Waals surface area contributed by atoms with Crippen LogP contribution in [-0.2, 0) is 32.1 Å². The number of hydrogen-bond acceptors (Lipinski definition) is 7. The Balaban J connectivity index is 2.11. The molecule has 0 saturated carbocycles. The van der Waals surface area contributed by atoms with Crippen molar-refractivity contribution in [2.24, 2.45) is 11.6 Å². The highest BCUT2D eigenvalue weighted by Crippen LogP contribution is 2.12. The van der Waals surface area contributed by atoms with E-state index in [1.165, 1.54) is 12.1 Å². The number of rotatable bonds is 11. The molecule has 2 rings (SSSR count). The van der Waals surface area contributed by atoms with Crippen molar-refractivity contribution in [2.75, 3.05) is 0 Å². The minimum atomic E-state index is -1.14. The molecule has 33 heavy (non-hydrogen) atoms. The molecule has 4 amide bonds. The number of benzene rings is 2. The molecule has 0 aromatic heterocycles. The lowest BCUT2D eigenvalue weighted by Crippen LogP contribution is -2.55. The molecule has 11 nitrogen and oxygen atoms in total. The van der Waals surface area contributed by atoms with Crippen LogP contribution in [0.5, 0.6) is 5.75 Å².